The molecule has 0 radical (unpaired) electrons. The van der Waals surface area contributed by atoms with E-state index in [1.165, 1.54) is 24.0 Å². The number of halogens is 1. The molecule has 2 fully saturated rings. The highest BCUT2D eigenvalue weighted by molar-refractivity contribution is 7.84. The fraction of sp³-hybridized carbons (Fsp3) is 0.643. The zero-order chi connectivity index (χ0) is 36.8. The van der Waals surface area contributed by atoms with Gasteiger partial charge in [-0.1, -0.05) is 50.1 Å². The van der Waals surface area contributed by atoms with Crippen LogP contribution in [0.15, 0.2) is 48.6 Å². The summed E-state index contributed by atoms with van der Waals surface area (Å²) in [4.78, 5) is 21.5. The van der Waals surface area contributed by atoms with Crippen LogP contribution in [0.25, 0.3) is 0 Å². The van der Waals surface area contributed by atoms with Crippen molar-refractivity contribution in [2.24, 2.45) is 23.7 Å². The minimum atomic E-state index is -1.57. The Morgan fingerprint density at radius 1 is 1.08 bits per heavy atom. The Kier molecular flexibility index (Phi) is 13.8. The molecule has 1 N–H and O–H groups in total. The highest BCUT2D eigenvalue weighted by Gasteiger charge is 2.40. The lowest BCUT2D eigenvalue weighted by Crippen LogP contribution is -2.51. The number of ether oxygens (including phenoxy) is 2. The third kappa shape index (κ3) is 9.43. The first kappa shape index (κ1) is 39.3. The van der Waals surface area contributed by atoms with Crippen molar-refractivity contribution in [1.82, 2.24) is 14.5 Å². The summed E-state index contributed by atoms with van der Waals surface area (Å²) in [5.74, 6) is 2.30. The van der Waals surface area contributed by atoms with E-state index in [0.29, 0.717) is 49.0 Å². The number of benzene rings is 2. The van der Waals surface area contributed by atoms with Crippen LogP contribution in [0.3, 0.4) is 0 Å². The topological polar surface area (TPSA) is 74.3 Å². The first-order valence-electron chi connectivity index (χ1n) is 19.8. The van der Waals surface area contributed by atoms with Gasteiger partial charge in [-0.2, -0.15) is 0 Å². The molecular formula is C42H61ClN4O4S. The summed E-state index contributed by atoms with van der Waals surface area (Å²) < 4.78 is 28.7. The maximum Gasteiger partial charge on any atom is 0.263 e. The van der Waals surface area contributed by atoms with Crippen molar-refractivity contribution < 1.29 is 18.5 Å². The predicted octanol–water partition coefficient (Wildman–Crippen LogP) is 7.34. The maximum atomic E-state index is 13.8. The molecule has 0 spiro atoms. The Bertz CT molecular complexity index is 1560. The van der Waals surface area contributed by atoms with Crippen LogP contribution in [0.1, 0.15) is 87.2 Å². The molecule has 10 heteroatoms. The maximum absolute atomic E-state index is 13.8. The third-order valence-corrected chi connectivity index (χ3v) is 14.1. The summed E-state index contributed by atoms with van der Waals surface area (Å²) in [5, 5.41) is 0.544. The van der Waals surface area contributed by atoms with Crippen LogP contribution in [0, 0.1) is 23.7 Å². The molecular weight excluding hydrogens is 692 g/mol. The van der Waals surface area contributed by atoms with Crippen molar-refractivity contribution in [3.05, 3.63) is 70.3 Å². The molecule has 7 unspecified atom stereocenters. The lowest BCUT2D eigenvalue weighted by molar-refractivity contribution is 0.0652. The second-order valence-corrected chi connectivity index (χ2v) is 17.8. The molecule has 3 heterocycles. The van der Waals surface area contributed by atoms with Gasteiger partial charge in [0, 0.05) is 82.1 Å². The second-order valence-electron chi connectivity index (χ2n) is 16.0. The number of amides is 1. The monoisotopic (exact) mass is 752 g/mol. The molecule has 3 aliphatic heterocycles. The average Bonchev–Trinajstić information content (AvgIpc) is 3.29. The number of carbonyl (C=O) groups is 1. The smallest absolute Gasteiger partial charge is 0.263 e. The molecule has 1 aliphatic carbocycles. The Hall–Kier alpha value is -2.43. The van der Waals surface area contributed by atoms with E-state index in [0.717, 1.165) is 81.5 Å². The number of hydrogen-bond acceptors (Lipinski definition) is 7. The highest BCUT2D eigenvalue weighted by atomic mass is 35.5. The van der Waals surface area contributed by atoms with Crippen molar-refractivity contribution in [2.75, 3.05) is 71.0 Å². The summed E-state index contributed by atoms with van der Waals surface area (Å²) >= 11 is 6.50. The van der Waals surface area contributed by atoms with Crippen molar-refractivity contribution in [2.45, 2.75) is 83.4 Å². The zero-order valence-electron chi connectivity index (χ0n) is 32.0. The van der Waals surface area contributed by atoms with Crippen molar-refractivity contribution >= 4 is 34.2 Å². The molecule has 6 rings (SSSR count). The second kappa shape index (κ2) is 18.3. The summed E-state index contributed by atoms with van der Waals surface area (Å²) in [7, 11) is 0.105. The molecule has 2 bridgehead atoms. The van der Waals surface area contributed by atoms with Crippen LogP contribution in [0.2, 0.25) is 5.02 Å². The summed E-state index contributed by atoms with van der Waals surface area (Å²) in [6.45, 7) is 17.3. The van der Waals surface area contributed by atoms with Gasteiger partial charge in [-0.05, 0) is 111 Å². The number of carbonyl (C=O) groups excluding carboxylic acids is 1. The summed E-state index contributed by atoms with van der Waals surface area (Å²) in [6.07, 6.45) is 10.7. The van der Waals surface area contributed by atoms with E-state index in [1.807, 2.05) is 24.3 Å². The van der Waals surface area contributed by atoms with Crippen LogP contribution in [-0.4, -0.2) is 97.3 Å². The number of fused-ring (bicyclic) bond motifs is 2. The van der Waals surface area contributed by atoms with Crippen molar-refractivity contribution in [3.63, 3.8) is 0 Å². The summed E-state index contributed by atoms with van der Waals surface area (Å²) in [5.41, 5.74) is 4.03. The lowest BCUT2D eigenvalue weighted by Gasteiger charge is -2.46. The quantitative estimate of drug-likeness (QED) is 0.269. The number of aryl methyl sites for hydroxylation is 1. The van der Waals surface area contributed by atoms with E-state index in [9.17, 15) is 9.00 Å². The van der Waals surface area contributed by atoms with Crippen molar-refractivity contribution in [1.29, 1.82) is 0 Å². The van der Waals surface area contributed by atoms with E-state index in [4.69, 9.17) is 21.1 Å². The van der Waals surface area contributed by atoms with E-state index in [-0.39, 0.29) is 23.0 Å². The standard InChI is InChI=1S/C42H61ClN4O4S/c1-6-8-31-23-36(43)13-15-37(31)35-27-47-26-34-11-14-38(34)33(25-45-18-20-46(21-19-45)29(2)3)10-7-9-30(4)41(17-22-50-5)52(49)44-42(48)32-12-16-40(51-28-35)39(47)24-32/h7,10,12-13,15-16,23-24,29-30,33-35,38,41H,6,8-9,11,14,17-22,25-28H2,1-5H3,(H,44,48)/b10-7+. The number of allylic oxidation sites excluding steroid dienone is 1. The number of nitrogens with one attached hydrogen (secondary N) is 1. The van der Waals surface area contributed by atoms with E-state index in [2.05, 4.69) is 71.4 Å². The molecule has 7 atom stereocenters. The van der Waals surface area contributed by atoms with Gasteiger partial charge in [0.25, 0.3) is 5.91 Å². The Labute approximate surface area is 320 Å². The molecule has 2 aromatic rings. The molecule has 0 aromatic heterocycles. The van der Waals surface area contributed by atoms with Gasteiger partial charge < -0.3 is 19.3 Å². The van der Waals surface area contributed by atoms with Crippen LogP contribution >= 0.6 is 11.6 Å². The molecule has 1 saturated heterocycles. The fourth-order valence-electron chi connectivity index (χ4n) is 8.90. The first-order chi connectivity index (χ1) is 25.1. The number of nitrogens with zero attached hydrogens (tertiary/aromatic N) is 3. The predicted molar refractivity (Wildman–Crippen MR) is 214 cm³/mol. The van der Waals surface area contributed by atoms with Crippen LogP contribution in [-0.2, 0) is 22.1 Å². The molecule has 8 nitrogen and oxygen atoms in total. The molecule has 52 heavy (non-hydrogen) atoms. The van der Waals surface area contributed by atoms with Gasteiger partial charge in [-0.25, -0.2) is 4.21 Å². The van der Waals surface area contributed by atoms with Gasteiger partial charge in [0.15, 0.2) is 0 Å². The van der Waals surface area contributed by atoms with Gasteiger partial charge in [-0.15, -0.1) is 0 Å². The van der Waals surface area contributed by atoms with Crippen molar-refractivity contribution in [3.8, 4) is 5.75 Å². The molecule has 1 saturated carbocycles. The minimum Gasteiger partial charge on any atom is -0.491 e. The number of anilines is 1. The minimum absolute atomic E-state index is 0.117. The number of piperazine rings is 1. The highest BCUT2D eigenvalue weighted by Crippen LogP contribution is 2.45. The third-order valence-electron chi connectivity index (χ3n) is 12.2. The van der Waals surface area contributed by atoms with E-state index in [1.54, 1.807) is 7.11 Å². The Morgan fingerprint density at radius 2 is 1.88 bits per heavy atom. The van der Waals surface area contributed by atoms with Gasteiger partial charge >= 0.3 is 0 Å². The Morgan fingerprint density at radius 3 is 2.60 bits per heavy atom. The molecule has 4 aliphatic rings. The normalized spacial score (nSPS) is 29.8. The van der Waals surface area contributed by atoms with E-state index < -0.39 is 11.0 Å². The number of hydrogen-bond donors (Lipinski definition) is 1. The van der Waals surface area contributed by atoms with E-state index >= 15 is 0 Å². The lowest BCUT2D eigenvalue weighted by atomic mass is 9.66. The van der Waals surface area contributed by atoms with Gasteiger partial charge in [0.2, 0.25) is 0 Å². The summed E-state index contributed by atoms with van der Waals surface area (Å²) in [6, 6.07) is 12.6. The molecule has 1 amide bonds. The molecule has 286 valence electrons. The first-order valence-corrected chi connectivity index (χ1v) is 21.4. The van der Waals surface area contributed by atoms with Crippen LogP contribution in [0.5, 0.6) is 5.75 Å². The van der Waals surface area contributed by atoms with Crippen LogP contribution < -0.4 is 14.4 Å². The molecule has 2 aromatic carbocycles. The number of rotatable bonds is 9. The van der Waals surface area contributed by atoms with Crippen LogP contribution in [0.4, 0.5) is 5.69 Å². The fourth-order valence-corrected chi connectivity index (χ4v) is 10.4. The SMILES string of the molecule is CCCc1cc(Cl)ccc1C1COc2ccc3cc2N(C1)CC1CCC1C(CN1CCN(C(C)C)CC1)/C=C/CC(C)C(CCOC)S(=O)NC3=O. The van der Waals surface area contributed by atoms with Gasteiger partial charge in [0.1, 0.15) is 16.7 Å². The largest absolute Gasteiger partial charge is 0.491 e. The number of methoxy groups -OCH3 is 1. The zero-order valence-corrected chi connectivity index (χ0v) is 33.6. The Balaban J connectivity index is 1.34. The van der Waals surface area contributed by atoms with Gasteiger partial charge in [0.05, 0.1) is 17.5 Å². The van der Waals surface area contributed by atoms with Gasteiger partial charge in [-0.3, -0.25) is 14.4 Å². The average molecular weight is 753 g/mol.